The lowest BCUT2D eigenvalue weighted by molar-refractivity contribution is -0.384. The van der Waals surface area contributed by atoms with Crippen molar-refractivity contribution in [3.63, 3.8) is 0 Å². The molecule has 7 heteroatoms. The topological polar surface area (TPSA) is 85.1 Å². The number of carbonyl (C=O) groups excluding carboxylic acids is 1. The van der Waals surface area contributed by atoms with Crippen LogP contribution in [-0.4, -0.2) is 15.8 Å². The Hall–Kier alpha value is -2.47. The third kappa shape index (κ3) is 2.92. The van der Waals surface area contributed by atoms with Crippen LogP contribution >= 0.6 is 11.6 Å². The van der Waals surface area contributed by atoms with Gasteiger partial charge in [0.05, 0.1) is 15.5 Å². The zero-order valence-electron chi connectivity index (χ0n) is 10.5. The number of anilines is 1. The predicted molar refractivity (Wildman–Crippen MR) is 75.0 cm³/mol. The summed E-state index contributed by atoms with van der Waals surface area (Å²) >= 11 is 5.90. The molecular weight excluding hydrogens is 282 g/mol. The Morgan fingerprint density at radius 3 is 2.75 bits per heavy atom. The first-order chi connectivity index (χ1) is 9.49. The van der Waals surface area contributed by atoms with E-state index in [1.165, 1.54) is 36.7 Å². The molecule has 1 N–H and O–H groups in total. The van der Waals surface area contributed by atoms with Crippen LogP contribution in [0.25, 0.3) is 0 Å². The summed E-state index contributed by atoms with van der Waals surface area (Å²) in [5, 5.41) is 13.6. The van der Waals surface area contributed by atoms with Crippen molar-refractivity contribution in [2.45, 2.75) is 6.92 Å². The van der Waals surface area contributed by atoms with E-state index in [4.69, 9.17) is 11.6 Å². The fourth-order valence-corrected chi connectivity index (χ4v) is 1.83. The summed E-state index contributed by atoms with van der Waals surface area (Å²) in [6.07, 6.45) is 2.84. The second-order valence-corrected chi connectivity index (χ2v) is 4.47. The van der Waals surface area contributed by atoms with Crippen LogP contribution in [0.4, 0.5) is 11.4 Å². The van der Waals surface area contributed by atoms with E-state index in [1.54, 1.807) is 6.92 Å². The van der Waals surface area contributed by atoms with Crippen LogP contribution in [0.5, 0.6) is 0 Å². The highest BCUT2D eigenvalue weighted by Gasteiger charge is 2.13. The fraction of sp³-hybridized carbons (Fsp3) is 0.0769. The van der Waals surface area contributed by atoms with E-state index in [1.807, 2.05) is 0 Å². The average molecular weight is 292 g/mol. The summed E-state index contributed by atoms with van der Waals surface area (Å²) in [5.74, 6) is -0.417. The molecule has 6 nitrogen and oxygen atoms in total. The van der Waals surface area contributed by atoms with Crippen molar-refractivity contribution in [1.82, 2.24) is 4.98 Å². The number of halogens is 1. The molecule has 0 spiro atoms. The first-order valence-corrected chi connectivity index (χ1v) is 6.02. The van der Waals surface area contributed by atoms with Crippen molar-refractivity contribution < 1.29 is 9.72 Å². The monoisotopic (exact) mass is 291 g/mol. The summed E-state index contributed by atoms with van der Waals surface area (Å²) in [4.78, 5) is 26.0. The van der Waals surface area contributed by atoms with Gasteiger partial charge in [-0.1, -0.05) is 11.6 Å². The van der Waals surface area contributed by atoms with Crippen LogP contribution < -0.4 is 5.32 Å². The summed E-state index contributed by atoms with van der Waals surface area (Å²) in [5.41, 5.74) is 1.29. The summed E-state index contributed by atoms with van der Waals surface area (Å²) in [6.45, 7) is 1.67. The van der Waals surface area contributed by atoms with Gasteiger partial charge >= 0.3 is 0 Å². The van der Waals surface area contributed by atoms with Gasteiger partial charge < -0.3 is 5.32 Å². The zero-order chi connectivity index (χ0) is 14.7. The Kier molecular flexibility index (Phi) is 3.95. The summed E-state index contributed by atoms with van der Waals surface area (Å²) in [7, 11) is 0. The van der Waals surface area contributed by atoms with E-state index in [9.17, 15) is 14.9 Å². The number of nitro groups is 1. The third-order valence-electron chi connectivity index (χ3n) is 2.68. The minimum atomic E-state index is -0.489. The number of rotatable bonds is 3. The molecule has 102 valence electrons. The molecule has 0 bridgehead atoms. The van der Waals surface area contributed by atoms with Crippen molar-refractivity contribution in [2.24, 2.45) is 0 Å². The Bertz CT molecular complexity index is 688. The molecule has 0 radical (unpaired) electrons. The molecule has 0 fully saturated rings. The van der Waals surface area contributed by atoms with Crippen molar-refractivity contribution >= 4 is 28.9 Å². The molecule has 20 heavy (non-hydrogen) atoms. The van der Waals surface area contributed by atoms with Crippen LogP contribution in [0, 0.1) is 17.0 Å². The number of nitrogens with zero attached hydrogens (tertiary/aromatic N) is 2. The lowest BCUT2D eigenvalue weighted by Crippen LogP contribution is -2.13. The van der Waals surface area contributed by atoms with Gasteiger partial charge in [-0.25, -0.2) is 0 Å². The Labute approximate surface area is 119 Å². The average Bonchev–Trinajstić information content (AvgIpc) is 2.41. The number of non-ortho nitro benzene ring substituents is 1. The number of amides is 1. The Morgan fingerprint density at radius 2 is 2.15 bits per heavy atom. The lowest BCUT2D eigenvalue weighted by Gasteiger charge is -2.08. The highest BCUT2D eigenvalue weighted by atomic mass is 35.5. The number of benzene rings is 1. The van der Waals surface area contributed by atoms with E-state index in [0.29, 0.717) is 11.3 Å². The number of hydrogen-bond donors (Lipinski definition) is 1. The van der Waals surface area contributed by atoms with Gasteiger partial charge in [-0.3, -0.25) is 19.9 Å². The number of carbonyl (C=O) groups is 1. The molecule has 0 atom stereocenters. The zero-order valence-corrected chi connectivity index (χ0v) is 11.2. The minimum absolute atomic E-state index is 0.0279. The first kappa shape index (κ1) is 14.0. The lowest BCUT2D eigenvalue weighted by atomic mass is 10.1. The van der Waals surface area contributed by atoms with Gasteiger partial charge in [0.15, 0.2) is 0 Å². The smallest absolute Gasteiger partial charge is 0.269 e. The van der Waals surface area contributed by atoms with Crippen molar-refractivity contribution in [3.8, 4) is 0 Å². The maximum atomic E-state index is 12.0. The number of nitrogens with one attached hydrogen (secondary N) is 1. The second-order valence-electron chi connectivity index (χ2n) is 4.07. The third-order valence-corrected chi connectivity index (χ3v) is 3.01. The molecule has 0 aliphatic heterocycles. The molecule has 1 aromatic carbocycles. The number of aromatic nitrogens is 1. The number of nitro benzene ring substituents is 1. The van der Waals surface area contributed by atoms with Crippen LogP contribution in [0.2, 0.25) is 5.02 Å². The normalized spacial score (nSPS) is 10.1. The van der Waals surface area contributed by atoms with E-state index in [2.05, 4.69) is 10.3 Å². The van der Waals surface area contributed by atoms with Gasteiger partial charge in [0.2, 0.25) is 0 Å². The highest BCUT2D eigenvalue weighted by molar-refractivity contribution is 6.34. The first-order valence-electron chi connectivity index (χ1n) is 5.65. The summed E-state index contributed by atoms with van der Waals surface area (Å²) in [6, 6.07) is 5.71. The standard InChI is InChI=1S/C13H10ClN3O3/c1-8-6-9(17(19)20)2-3-12(8)16-13(18)10-7-15-5-4-11(10)14/h2-7H,1H3,(H,16,18). The van der Waals surface area contributed by atoms with Gasteiger partial charge in [0.25, 0.3) is 11.6 Å². The highest BCUT2D eigenvalue weighted by Crippen LogP contribution is 2.22. The number of hydrogen-bond acceptors (Lipinski definition) is 4. The van der Waals surface area contributed by atoms with E-state index >= 15 is 0 Å². The molecule has 0 aliphatic carbocycles. The maximum Gasteiger partial charge on any atom is 0.269 e. The molecule has 0 saturated heterocycles. The quantitative estimate of drug-likeness (QED) is 0.695. The van der Waals surface area contributed by atoms with Crippen LogP contribution in [-0.2, 0) is 0 Å². The van der Waals surface area contributed by atoms with Gasteiger partial charge in [-0.15, -0.1) is 0 Å². The molecule has 0 unspecified atom stereocenters. The van der Waals surface area contributed by atoms with Gasteiger partial charge in [0, 0.05) is 30.2 Å². The molecule has 2 aromatic rings. The minimum Gasteiger partial charge on any atom is -0.322 e. The fourth-order valence-electron chi connectivity index (χ4n) is 1.64. The van der Waals surface area contributed by atoms with Crippen LogP contribution in [0.15, 0.2) is 36.7 Å². The van der Waals surface area contributed by atoms with Gasteiger partial charge in [-0.2, -0.15) is 0 Å². The largest absolute Gasteiger partial charge is 0.322 e. The molecule has 1 aromatic heterocycles. The number of pyridine rings is 1. The van der Waals surface area contributed by atoms with E-state index in [-0.39, 0.29) is 16.3 Å². The summed E-state index contributed by atoms with van der Waals surface area (Å²) < 4.78 is 0. The predicted octanol–water partition coefficient (Wildman–Crippen LogP) is 3.20. The van der Waals surface area contributed by atoms with Gasteiger partial charge in [0.1, 0.15) is 0 Å². The van der Waals surface area contributed by atoms with E-state index in [0.717, 1.165) is 0 Å². The van der Waals surface area contributed by atoms with Crippen molar-refractivity contribution in [3.05, 3.63) is 62.9 Å². The van der Waals surface area contributed by atoms with Crippen LogP contribution in [0.3, 0.4) is 0 Å². The molecule has 0 aliphatic rings. The van der Waals surface area contributed by atoms with Crippen molar-refractivity contribution in [2.75, 3.05) is 5.32 Å². The SMILES string of the molecule is Cc1cc([N+](=O)[O-])ccc1NC(=O)c1cnccc1Cl. The van der Waals surface area contributed by atoms with Crippen LogP contribution in [0.1, 0.15) is 15.9 Å². The van der Waals surface area contributed by atoms with E-state index < -0.39 is 10.8 Å². The molecule has 0 saturated carbocycles. The maximum absolute atomic E-state index is 12.0. The molecular formula is C13H10ClN3O3. The second kappa shape index (κ2) is 5.66. The van der Waals surface area contributed by atoms with Crippen molar-refractivity contribution in [1.29, 1.82) is 0 Å². The Morgan fingerprint density at radius 1 is 1.40 bits per heavy atom. The number of aryl methyl sites for hydroxylation is 1. The Balaban J connectivity index is 2.25. The molecule has 1 amide bonds. The molecule has 2 rings (SSSR count). The van der Waals surface area contributed by atoms with Gasteiger partial charge in [-0.05, 0) is 24.6 Å². The molecule has 1 heterocycles.